The van der Waals surface area contributed by atoms with E-state index >= 15 is 0 Å². The molecule has 0 saturated heterocycles. The van der Waals surface area contributed by atoms with E-state index in [1.54, 1.807) is 6.07 Å². The molecular formula is C21H15F9N6O3. The van der Waals surface area contributed by atoms with Crippen LogP contribution < -0.4 is 10.6 Å². The predicted molar refractivity (Wildman–Crippen MR) is 112 cm³/mol. The largest absolute Gasteiger partial charge is 0.437 e. The number of nitriles is 1. The van der Waals surface area contributed by atoms with Crippen LogP contribution in [0.25, 0.3) is 0 Å². The van der Waals surface area contributed by atoms with Gasteiger partial charge in [0.15, 0.2) is 5.69 Å². The van der Waals surface area contributed by atoms with Crippen LogP contribution in [-0.2, 0) is 33.3 Å². The average molecular weight is 570 g/mol. The molecule has 2 N–H and O–H groups in total. The first-order chi connectivity index (χ1) is 17.9. The van der Waals surface area contributed by atoms with Crippen molar-refractivity contribution >= 4 is 23.2 Å². The molecule has 0 bridgehead atoms. The summed E-state index contributed by atoms with van der Waals surface area (Å²) in [6, 6.07) is 5.01. The predicted octanol–water partition coefficient (Wildman–Crippen LogP) is 3.90. The number of rotatable bonds is 6. The number of benzene rings is 1. The molecule has 2 amide bonds. The molecule has 1 aromatic heterocycles. The third-order valence-corrected chi connectivity index (χ3v) is 5.32. The second kappa shape index (κ2) is 10.1. The van der Waals surface area contributed by atoms with Crippen molar-refractivity contribution in [2.24, 2.45) is 12.2 Å². The summed E-state index contributed by atoms with van der Waals surface area (Å²) >= 11 is 0. The molecule has 9 nitrogen and oxygen atoms in total. The third-order valence-electron chi connectivity index (χ3n) is 5.32. The smallest absolute Gasteiger partial charge is 0.372 e. The number of alkyl halides is 9. The SMILES string of the molecule is Cn1nc(C(F)(F)F)cc1C1(C(F)(F)F)CC(c2ccc(NC(=O)CC(=O)NCC(F)(F)F)c(C#N)c2)=NO1. The first kappa shape index (κ1) is 29.3. The van der Waals surface area contributed by atoms with E-state index in [4.69, 9.17) is 0 Å². The fourth-order valence-corrected chi connectivity index (χ4v) is 3.53. The topological polar surface area (TPSA) is 121 Å². The molecule has 39 heavy (non-hydrogen) atoms. The maximum absolute atomic E-state index is 14.1. The lowest BCUT2D eigenvalue weighted by Crippen LogP contribution is -2.44. The summed E-state index contributed by atoms with van der Waals surface area (Å²) in [6.07, 6.45) is -17.1. The zero-order valence-corrected chi connectivity index (χ0v) is 19.3. The van der Waals surface area contributed by atoms with Crippen molar-refractivity contribution in [2.45, 2.75) is 37.0 Å². The van der Waals surface area contributed by atoms with Gasteiger partial charge < -0.3 is 15.5 Å². The molecular weight excluding hydrogens is 555 g/mol. The van der Waals surface area contributed by atoms with Gasteiger partial charge in [-0.05, 0) is 18.2 Å². The van der Waals surface area contributed by atoms with Crippen molar-refractivity contribution in [2.75, 3.05) is 11.9 Å². The minimum absolute atomic E-state index is 0.114. The number of carbonyl (C=O) groups excluding carboxylic acids is 2. The number of hydrogen-bond donors (Lipinski definition) is 2. The van der Waals surface area contributed by atoms with Gasteiger partial charge in [-0.3, -0.25) is 14.3 Å². The first-order valence-corrected chi connectivity index (χ1v) is 10.5. The van der Waals surface area contributed by atoms with Crippen LogP contribution in [0.4, 0.5) is 45.2 Å². The van der Waals surface area contributed by atoms with Crippen LogP contribution in [0.5, 0.6) is 0 Å². The second-order valence-electron chi connectivity index (χ2n) is 8.16. The number of aryl methyl sites for hydroxylation is 1. The highest BCUT2D eigenvalue weighted by molar-refractivity contribution is 6.05. The van der Waals surface area contributed by atoms with Gasteiger partial charge >= 0.3 is 18.5 Å². The summed E-state index contributed by atoms with van der Waals surface area (Å²) in [4.78, 5) is 28.2. The molecule has 1 unspecified atom stereocenters. The number of hydrogen-bond acceptors (Lipinski definition) is 6. The van der Waals surface area contributed by atoms with Gasteiger partial charge in [0, 0.05) is 12.6 Å². The average Bonchev–Trinajstić information content (AvgIpc) is 3.42. The highest BCUT2D eigenvalue weighted by Crippen LogP contribution is 2.49. The molecule has 3 rings (SSSR count). The van der Waals surface area contributed by atoms with Gasteiger partial charge in [-0.1, -0.05) is 11.2 Å². The number of oxime groups is 1. The minimum Gasteiger partial charge on any atom is -0.372 e. The summed E-state index contributed by atoms with van der Waals surface area (Å²) < 4.78 is 118. The van der Waals surface area contributed by atoms with Gasteiger partial charge in [0.05, 0.1) is 29.1 Å². The Kier molecular flexibility index (Phi) is 7.59. The van der Waals surface area contributed by atoms with E-state index in [1.165, 1.54) is 5.32 Å². The first-order valence-electron chi connectivity index (χ1n) is 10.5. The fraction of sp³-hybridized carbons (Fsp3) is 0.381. The highest BCUT2D eigenvalue weighted by atomic mass is 19.4. The molecule has 1 aliphatic rings. The van der Waals surface area contributed by atoms with Crippen LogP contribution in [-0.4, -0.2) is 46.2 Å². The molecule has 0 saturated carbocycles. The summed E-state index contributed by atoms with van der Waals surface area (Å²) in [5.41, 5.74) is -6.97. The van der Waals surface area contributed by atoms with Crippen molar-refractivity contribution in [1.29, 1.82) is 5.26 Å². The van der Waals surface area contributed by atoms with Crippen LogP contribution in [0.2, 0.25) is 0 Å². The minimum atomic E-state index is -5.26. The van der Waals surface area contributed by atoms with Crippen molar-refractivity contribution in [3.63, 3.8) is 0 Å². The van der Waals surface area contributed by atoms with Gasteiger partial charge in [-0.25, -0.2) is 0 Å². The lowest BCUT2D eigenvalue weighted by Gasteiger charge is -2.28. The summed E-state index contributed by atoms with van der Waals surface area (Å²) in [7, 11) is 0.869. The highest BCUT2D eigenvalue weighted by Gasteiger charge is 2.64. The van der Waals surface area contributed by atoms with E-state index in [0.29, 0.717) is 4.68 Å². The summed E-state index contributed by atoms with van der Waals surface area (Å²) in [6.45, 7) is -1.67. The number of anilines is 1. The van der Waals surface area contributed by atoms with E-state index in [-0.39, 0.29) is 22.9 Å². The molecule has 0 radical (unpaired) electrons. The Bertz CT molecular complexity index is 1350. The lowest BCUT2D eigenvalue weighted by molar-refractivity contribution is -0.278. The Balaban J connectivity index is 1.82. The lowest BCUT2D eigenvalue weighted by atomic mass is 9.89. The molecule has 1 aliphatic heterocycles. The van der Waals surface area contributed by atoms with Crippen molar-refractivity contribution in [3.05, 3.63) is 46.8 Å². The van der Waals surface area contributed by atoms with Crippen LogP contribution in [0, 0.1) is 11.3 Å². The molecule has 0 spiro atoms. The molecule has 0 aliphatic carbocycles. The van der Waals surface area contributed by atoms with E-state index in [0.717, 1.165) is 25.2 Å². The second-order valence-corrected chi connectivity index (χ2v) is 8.16. The molecule has 210 valence electrons. The van der Waals surface area contributed by atoms with Gasteiger partial charge in [0.25, 0.3) is 5.60 Å². The zero-order valence-electron chi connectivity index (χ0n) is 19.3. The normalized spacial score (nSPS) is 17.7. The van der Waals surface area contributed by atoms with Crippen LogP contribution in [0.15, 0.2) is 29.4 Å². The number of aromatic nitrogens is 2. The maximum atomic E-state index is 14.1. The Morgan fingerprint density at radius 2 is 1.77 bits per heavy atom. The Morgan fingerprint density at radius 3 is 2.31 bits per heavy atom. The van der Waals surface area contributed by atoms with Crippen LogP contribution in [0.3, 0.4) is 0 Å². The van der Waals surface area contributed by atoms with E-state index in [9.17, 15) is 54.4 Å². The van der Waals surface area contributed by atoms with E-state index in [1.807, 2.05) is 0 Å². The molecule has 2 aromatic rings. The van der Waals surface area contributed by atoms with Gasteiger partial charge in [0.2, 0.25) is 11.8 Å². The summed E-state index contributed by atoms with van der Waals surface area (Å²) in [5.74, 6) is -2.35. The van der Waals surface area contributed by atoms with Crippen molar-refractivity contribution < 1.29 is 53.9 Å². The number of amides is 2. The number of nitrogens with one attached hydrogen (secondary N) is 2. The Morgan fingerprint density at radius 1 is 1.10 bits per heavy atom. The Labute approximate surface area is 212 Å². The number of carbonyl (C=O) groups is 2. The monoisotopic (exact) mass is 570 g/mol. The maximum Gasteiger partial charge on any atom is 0.437 e. The number of halogens is 9. The van der Waals surface area contributed by atoms with E-state index in [2.05, 4.69) is 20.4 Å². The Hall–Kier alpha value is -4.30. The van der Waals surface area contributed by atoms with Crippen molar-refractivity contribution in [3.8, 4) is 6.07 Å². The van der Waals surface area contributed by atoms with Crippen LogP contribution in [0.1, 0.15) is 35.4 Å². The fourth-order valence-electron chi connectivity index (χ4n) is 3.53. The third kappa shape index (κ3) is 6.41. The van der Waals surface area contributed by atoms with Crippen molar-refractivity contribution in [1.82, 2.24) is 15.1 Å². The molecule has 1 aromatic carbocycles. The van der Waals surface area contributed by atoms with Gasteiger partial charge in [-0.2, -0.15) is 49.9 Å². The molecule has 1 atom stereocenters. The molecule has 18 heteroatoms. The van der Waals surface area contributed by atoms with Crippen LogP contribution >= 0.6 is 0 Å². The molecule has 0 fully saturated rings. The van der Waals surface area contributed by atoms with Gasteiger partial charge in [0.1, 0.15) is 19.0 Å². The molecule has 2 heterocycles. The zero-order chi connectivity index (χ0) is 29.4. The van der Waals surface area contributed by atoms with Gasteiger partial charge in [-0.15, -0.1) is 0 Å². The van der Waals surface area contributed by atoms with E-state index < -0.39 is 72.4 Å². The quantitative estimate of drug-likeness (QED) is 0.403. The number of nitrogens with zero attached hydrogens (tertiary/aromatic N) is 4. The summed E-state index contributed by atoms with van der Waals surface area (Å²) in [5, 5.41) is 19.5. The standard InChI is InChI=1S/C21H15F9N6O3/c1-36-15(5-14(34-36)20(25,26)27)18(21(28,29)30)7-13(35-39-18)10-2-3-12(11(4-10)8-31)33-17(38)6-16(37)32-9-19(22,23)24/h2-5H,6-7,9H2,1H3,(H,32,37)(H,33,38).